The largest absolute Gasteiger partial charge is 0.344 e. The predicted molar refractivity (Wildman–Crippen MR) is 68.9 cm³/mol. The minimum Gasteiger partial charge on any atom is -0.344 e. The summed E-state index contributed by atoms with van der Waals surface area (Å²) in [4.78, 5) is 14.1. The zero-order chi connectivity index (χ0) is 13.2. The fourth-order valence-electron chi connectivity index (χ4n) is 2.32. The van der Waals surface area contributed by atoms with Gasteiger partial charge in [0.05, 0.1) is 5.41 Å². The first-order valence-electron chi connectivity index (χ1n) is 6.27. The van der Waals surface area contributed by atoms with Gasteiger partial charge in [-0.3, -0.25) is 4.79 Å². The van der Waals surface area contributed by atoms with Crippen molar-refractivity contribution in [2.45, 2.75) is 18.3 Å². The number of amides is 1. The molecular formula is C14H19FN2O. The molecule has 0 aromatic heterocycles. The van der Waals surface area contributed by atoms with Crippen molar-refractivity contribution in [2.24, 2.45) is 0 Å². The first-order valence-corrected chi connectivity index (χ1v) is 6.27. The number of carbonyl (C=O) groups excluding carboxylic acids is 1. The molecule has 0 radical (unpaired) electrons. The van der Waals surface area contributed by atoms with Gasteiger partial charge in [0, 0.05) is 25.7 Å². The van der Waals surface area contributed by atoms with Crippen molar-refractivity contribution < 1.29 is 9.18 Å². The van der Waals surface area contributed by atoms with Gasteiger partial charge >= 0.3 is 0 Å². The molecule has 0 spiro atoms. The standard InChI is InChI=1S/C14H19FN2O/c1-16-9-10-17(2)13(18)14(7-8-14)11-5-3-4-6-12(11)15/h3-6,16H,7-10H2,1-2H3. The molecule has 2 rings (SSSR count). The molecule has 4 heteroatoms. The van der Waals surface area contributed by atoms with Gasteiger partial charge in [-0.2, -0.15) is 0 Å². The third-order valence-corrected chi connectivity index (χ3v) is 3.59. The number of hydrogen-bond donors (Lipinski definition) is 1. The summed E-state index contributed by atoms with van der Waals surface area (Å²) in [6.07, 6.45) is 1.49. The average molecular weight is 250 g/mol. The number of nitrogens with one attached hydrogen (secondary N) is 1. The Labute approximate surface area is 107 Å². The lowest BCUT2D eigenvalue weighted by Crippen LogP contribution is -2.40. The highest BCUT2D eigenvalue weighted by Crippen LogP contribution is 2.50. The molecule has 1 aliphatic rings. The van der Waals surface area contributed by atoms with Gasteiger partial charge in [0.15, 0.2) is 0 Å². The first kappa shape index (κ1) is 13.0. The molecule has 0 atom stereocenters. The summed E-state index contributed by atoms with van der Waals surface area (Å²) in [5.41, 5.74) is -0.0558. The van der Waals surface area contributed by atoms with Crippen LogP contribution in [0.25, 0.3) is 0 Å². The van der Waals surface area contributed by atoms with Crippen LogP contribution in [0, 0.1) is 5.82 Å². The van der Waals surface area contributed by atoms with Crippen LogP contribution in [0.5, 0.6) is 0 Å². The zero-order valence-corrected chi connectivity index (χ0v) is 10.9. The van der Waals surface area contributed by atoms with E-state index in [4.69, 9.17) is 0 Å². The molecule has 1 aromatic rings. The van der Waals surface area contributed by atoms with Gasteiger partial charge in [0.2, 0.25) is 5.91 Å². The minimum atomic E-state index is -0.603. The van der Waals surface area contributed by atoms with Gasteiger partial charge < -0.3 is 10.2 Å². The number of carbonyl (C=O) groups is 1. The van der Waals surface area contributed by atoms with E-state index in [-0.39, 0.29) is 11.7 Å². The lowest BCUT2D eigenvalue weighted by Gasteiger charge is -2.24. The third kappa shape index (κ3) is 2.25. The van der Waals surface area contributed by atoms with E-state index in [9.17, 15) is 9.18 Å². The second kappa shape index (κ2) is 5.06. The molecule has 1 aromatic carbocycles. The molecule has 18 heavy (non-hydrogen) atoms. The lowest BCUT2D eigenvalue weighted by atomic mass is 9.94. The van der Waals surface area contributed by atoms with Crippen molar-refractivity contribution in [2.75, 3.05) is 27.2 Å². The highest BCUT2D eigenvalue weighted by atomic mass is 19.1. The van der Waals surface area contributed by atoms with E-state index in [1.165, 1.54) is 6.07 Å². The highest BCUT2D eigenvalue weighted by molar-refractivity contribution is 5.91. The molecule has 1 amide bonds. The topological polar surface area (TPSA) is 32.3 Å². The van der Waals surface area contributed by atoms with E-state index in [0.29, 0.717) is 12.1 Å². The third-order valence-electron chi connectivity index (χ3n) is 3.59. The van der Waals surface area contributed by atoms with Crippen molar-refractivity contribution in [3.8, 4) is 0 Å². The quantitative estimate of drug-likeness (QED) is 0.859. The fraction of sp³-hybridized carbons (Fsp3) is 0.500. The molecular weight excluding hydrogens is 231 g/mol. The number of rotatable bonds is 5. The van der Waals surface area contributed by atoms with Crippen LogP contribution in [0.2, 0.25) is 0 Å². The summed E-state index contributed by atoms with van der Waals surface area (Å²) in [6.45, 7) is 1.39. The van der Waals surface area contributed by atoms with Crippen molar-refractivity contribution in [3.63, 3.8) is 0 Å². The SMILES string of the molecule is CNCCN(C)C(=O)C1(c2ccccc2F)CC1. The monoisotopic (exact) mass is 250 g/mol. The Bertz CT molecular complexity index is 443. The number of likely N-dealkylation sites (N-methyl/N-ethyl adjacent to an activating group) is 2. The van der Waals surface area contributed by atoms with Gasteiger partial charge in [0.1, 0.15) is 5.82 Å². The Kier molecular flexibility index (Phi) is 3.66. The number of nitrogens with zero attached hydrogens (tertiary/aromatic N) is 1. The Balaban J connectivity index is 2.17. The van der Waals surface area contributed by atoms with Crippen molar-refractivity contribution in [3.05, 3.63) is 35.6 Å². The van der Waals surface area contributed by atoms with Crippen LogP contribution in [-0.4, -0.2) is 38.0 Å². The van der Waals surface area contributed by atoms with E-state index < -0.39 is 5.41 Å². The van der Waals surface area contributed by atoms with Crippen LogP contribution in [-0.2, 0) is 10.2 Å². The van der Waals surface area contributed by atoms with Gasteiger partial charge in [-0.05, 0) is 26.0 Å². The van der Waals surface area contributed by atoms with Crippen LogP contribution >= 0.6 is 0 Å². The van der Waals surface area contributed by atoms with Crippen LogP contribution in [0.4, 0.5) is 4.39 Å². The highest BCUT2D eigenvalue weighted by Gasteiger charge is 2.53. The molecule has 1 N–H and O–H groups in total. The Morgan fingerprint density at radius 2 is 2.11 bits per heavy atom. The molecule has 0 heterocycles. The molecule has 0 aliphatic heterocycles. The minimum absolute atomic E-state index is 0.0304. The van der Waals surface area contributed by atoms with E-state index in [2.05, 4.69) is 5.32 Å². The zero-order valence-electron chi connectivity index (χ0n) is 10.9. The van der Waals surface area contributed by atoms with E-state index in [0.717, 1.165) is 19.4 Å². The molecule has 1 saturated carbocycles. The van der Waals surface area contributed by atoms with Crippen LogP contribution in [0.1, 0.15) is 18.4 Å². The second-order valence-corrected chi connectivity index (χ2v) is 4.89. The molecule has 0 saturated heterocycles. The van der Waals surface area contributed by atoms with E-state index >= 15 is 0 Å². The second-order valence-electron chi connectivity index (χ2n) is 4.89. The summed E-state index contributed by atoms with van der Waals surface area (Å²) in [5.74, 6) is -0.242. The number of hydrogen-bond acceptors (Lipinski definition) is 2. The van der Waals surface area contributed by atoms with Crippen LogP contribution < -0.4 is 5.32 Å². The van der Waals surface area contributed by atoms with E-state index in [1.54, 1.807) is 30.1 Å². The van der Waals surface area contributed by atoms with Gasteiger partial charge in [-0.1, -0.05) is 18.2 Å². The van der Waals surface area contributed by atoms with Crippen LogP contribution in [0.15, 0.2) is 24.3 Å². The Hall–Kier alpha value is -1.42. The number of benzene rings is 1. The molecule has 98 valence electrons. The maximum atomic E-state index is 13.8. The van der Waals surface area contributed by atoms with Gasteiger partial charge in [0.25, 0.3) is 0 Å². The first-order chi connectivity index (χ1) is 8.62. The molecule has 3 nitrogen and oxygen atoms in total. The van der Waals surface area contributed by atoms with Crippen LogP contribution in [0.3, 0.4) is 0 Å². The summed E-state index contributed by atoms with van der Waals surface area (Å²) < 4.78 is 13.8. The normalized spacial score (nSPS) is 16.4. The molecule has 0 unspecified atom stereocenters. The van der Waals surface area contributed by atoms with Gasteiger partial charge in [-0.15, -0.1) is 0 Å². The Morgan fingerprint density at radius 1 is 1.44 bits per heavy atom. The van der Waals surface area contributed by atoms with Crippen molar-refractivity contribution in [1.29, 1.82) is 0 Å². The van der Waals surface area contributed by atoms with Crippen molar-refractivity contribution >= 4 is 5.91 Å². The Morgan fingerprint density at radius 3 is 2.67 bits per heavy atom. The summed E-state index contributed by atoms with van der Waals surface area (Å²) in [7, 11) is 3.63. The maximum absolute atomic E-state index is 13.8. The molecule has 1 aliphatic carbocycles. The molecule has 0 bridgehead atoms. The summed E-state index contributed by atoms with van der Waals surface area (Å²) in [6, 6.07) is 6.60. The lowest BCUT2D eigenvalue weighted by molar-refractivity contribution is -0.132. The summed E-state index contributed by atoms with van der Waals surface area (Å²) in [5, 5.41) is 3.01. The molecule has 1 fully saturated rings. The smallest absolute Gasteiger partial charge is 0.233 e. The van der Waals surface area contributed by atoms with Gasteiger partial charge in [-0.25, -0.2) is 4.39 Å². The summed E-state index contributed by atoms with van der Waals surface area (Å²) >= 11 is 0. The van der Waals surface area contributed by atoms with E-state index in [1.807, 2.05) is 7.05 Å². The number of halogens is 1. The fourth-order valence-corrected chi connectivity index (χ4v) is 2.32. The van der Waals surface area contributed by atoms with Crippen molar-refractivity contribution in [1.82, 2.24) is 10.2 Å². The maximum Gasteiger partial charge on any atom is 0.233 e. The average Bonchev–Trinajstić information content (AvgIpc) is 3.17. The predicted octanol–water partition coefficient (Wildman–Crippen LogP) is 1.54.